The quantitative estimate of drug-likeness (QED) is 0.639. The van der Waals surface area contributed by atoms with Crippen LogP contribution in [0.4, 0.5) is 10.1 Å². The fourth-order valence-electron chi connectivity index (χ4n) is 2.04. The van der Waals surface area contributed by atoms with Crippen molar-refractivity contribution in [3.8, 4) is 0 Å². The number of nitrogens with zero attached hydrogens (tertiary/aromatic N) is 1. The number of nitro groups is 1. The number of non-ortho nitro benzene ring substituents is 1. The molecule has 0 heterocycles. The molecule has 0 spiro atoms. The van der Waals surface area contributed by atoms with Gasteiger partial charge >= 0.3 is 0 Å². The van der Waals surface area contributed by atoms with Gasteiger partial charge in [-0.25, -0.2) is 4.39 Å². The largest absolute Gasteiger partial charge is 0.313 e. The zero-order valence-corrected chi connectivity index (χ0v) is 12.6. The minimum absolute atomic E-state index is 0.0105. The van der Waals surface area contributed by atoms with Crippen LogP contribution in [-0.2, 0) is 6.42 Å². The molecule has 5 heteroatoms. The lowest BCUT2D eigenvalue weighted by molar-refractivity contribution is -0.385. The fourth-order valence-corrected chi connectivity index (χ4v) is 2.04. The molecule has 1 N–H and O–H groups in total. The maximum atomic E-state index is 13.9. The van der Waals surface area contributed by atoms with E-state index in [-0.39, 0.29) is 17.1 Å². The highest BCUT2D eigenvalue weighted by atomic mass is 19.1. The van der Waals surface area contributed by atoms with Crippen molar-refractivity contribution in [3.63, 3.8) is 0 Å². The molecule has 0 bridgehead atoms. The molecule has 1 atom stereocenters. The second kappa shape index (κ2) is 6.79. The van der Waals surface area contributed by atoms with Gasteiger partial charge < -0.3 is 5.32 Å². The van der Waals surface area contributed by atoms with Gasteiger partial charge in [0, 0.05) is 12.1 Å². The van der Waals surface area contributed by atoms with E-state index in [4.69, 9.17) is 0 Å². The van der Waals surface area contributed by atoms with E-state index in [0.717, 1.165) is 19.0 Å². The van der Waals surface area contributed by atoms with Gasteiger partial charge in [0.25, 0.3) is 5.69 Å². The smallest absolute Gasteiger partial charge is 0.272 e. The van der Waals surface area contributed by atoms with Crippen LogP contribution in [-0.4, -0.2) is 17.5 Å². The van der Waals surface area contributed by atoms with Gasteiger partial charge in [-0.1, -0.05) is 27.7 Å². The lowest BCUT2D eigenvalue weighted by Gasteiger charge is -2.32. The summed E-state index contributed by atoms with van der Waals surface area (Å²) in [5.41, 5.74) is 0.294. The molecule has 1 aromatic rings. The molecular formula is C15H23FN2O2. The second-order valence-corrected chi connectivity index (χ2v) is 6.11. The number of halogens is 1. The first kappa shape index (κ1) is 16.6. The van der Waals surface area contributed by atoms with E-state index in [0.29, 0.717) is 12.0 Å². The van der Waals surface area contributed by atoms with Crippen LogP contribution in [0.15, 0.2) is 18.2 Å². The SMILES string of the molecule is CCCNC(Cc1ccc([N+](=O)[O-])cc1F)C(C)(C)C. The van der Waals surface area contributed by atoms with E-state index in [2.05, 4.69) is 33.0 Å². The van der Waals surface area contributed by atoms with E-state index in [9.17, 15) is 14.5 Å². The predicted molar refractivity (Wildman–Crippen MR) is 78.3 cm³/mol. The summed E-state index contributed by atoms with van der Waals surface area (Å²) in [5.74, 6) is -0.508. The van der Waals surface area contributed by atoms with Crippen molar-refractivity contribution in [1.82, 2.24) is 5.32 Å². The first-order valence-corrected chi connectivity index (χ1v) is 6.92. The van der Waals surface area contributed by atoms with Crippen molar-refractivity contribution < 1.29 is 9.31 Å². The van der Waals surface area contributed by atoms with Crippen molar-refractivity contribution in [2.45, 2.75) is 46.6 Å². The Labute approximate surface area is 119 Å². The Balaban J connectivity index is 2.91. The van der Waals surface area contributed by atoms with Gasteiger partial charge in [-0.05, 0) is 36.4 Å². The highest BCUT2D eigenvalue weighted by molar-refractivity contribution is 5.34. The van der Waals surface area contributed by atoms with Gasteiger partial charge in [0.1, 0.15) is 5.82 Å². The highest BCUT2D eigenvalue weighted by Crippen LogP contribution is 2.25. The highest BCUT2D eigenvalue weighted by Gasteiger charge is 2.25. The molecule has 0 aliphatic heterocycles. The molecular weight excluding hydrogens is 259 g/mol. The Morgan fingerprint density at radius 3 is 2.50 bits per heavy atom. The van der Waals surface area contributed by atoms with Gasteiger partial charge in [0.05, 0.1) is 11.0 Å². The summed E-state index contributed by atoms with van der Waals surface area (Å²) < 4.78 is 13.9. The van der Waals surface area contributed by atoms with Crippen LogP contribution in [0.1, 0.15) is 39.7 Å². The molecule has 1 aromatic carbocycles. The topological polar surface area (TPSA) is 55.2 Å². The Bertz CT molecular complexity index is 469. The Kier molecular flexibility index (Phi) is 5.62. The summed E-state index contributed by atoms with van der Waals surface area (Å²) >= 11 is 0. The molecule has 0 saturated heterocycles. The van der Waals surface area contributed by atoms with E-state index in [1.165, 1.54) is 12.1 Å². The van der Waals surface area contributed by atoms with Crippen molar-refractivity contribution in [2.75, 3.05) is 6.54 Å². The van der Waals surface area contributed by atoms with Crippen LogP contribution in [0.2, 0.25) is 0 Å². The first-order chi connectivity index (χ1) is 9.25. The van der Waals surface area contributed by atoms with Crippen molar-refractivity contribution in [1.29, 1.82) is 0 Å². The summed E-state index contributed by atoms with van der Waals surface area (Å²) in [5, 5.41) is 14.0. The molecule has 4 nitrogen and oxygen atoms in total. The zero-order chi connectivity index (χ0) is 15.3. The molecule has 1 unspecified atom stereocenters. The second-order valence-electron chi connectivity index (χ2n) is 6.11. The molecule has 1 rings (SSSR count). The molecule has 0 radical (unpaired) electrons. The summed E-state index contributed by atoms with van der Waals surface area (Å²) in [7, 11) is 0. The normalized spacial score (nSPS) is 13.2. The van der Waals surface area contributed by atoms with Gasteiger partial charge in [0.2, 0.25) is 0 Å². The maximum Gasteiger partial charge on any atom is 0.272 e. The van der Waals surface area contributed by atoms with Gasteiger partial charge in [0.15, 0.2) is 0 Å². The molecule has 0 fully saturated rings. The summed E-state index contributed by atoms with van der Waals surface area (Å²) in [4.78, 5) is 10.0. The number of nitro benzene ring substituents is 1. The van der Waals surface area contributed by atoms with Crippen molar-refractivity contribution >= 4 is 5.69 Å². The molecule has 0 saturated carbocycles. The summed E-state index contributed by atoms with van der Waals surface area (Å²) in [6.45, 7) is 9.26. The standard InChI is InChI=1S/C15H23FN2O2/c1-5-8-17-14(15(2,3)4)9-11-6-7-12(18(19)20)10-13(11)16/h6-7,10,14,17H,5,8-9H2,1-4H3. The molecule has 0 aromatic heterocycles. The number of nitrogens with one attached hydrogen (secondary N) is 1. The van der Waals surface area contributed by atoms with E-state index < -0.39 is 10.7 Å². The number of hydrogen-bond acceptors (Lipinski definition) is 3. The summed E-state index contributed by atoms with van der Waals surface area (Å²) in [6.07, 6.45) is 1.53. The lowest BCUT2D eigenvalue weighted by atomic mass is 9.83. The van der Waals surface area contributed by atoms with Crippen LogP contribution >= 0.6 is 0 Å². The third-order valence-electron chi connectivity index (χ3n) is 3.36. The van der Waals surface area contributed by atoms with Gasteiger partial charge in [-0.2, -0.15) is 0 Å². The van der Waals surface area contributed by atoms with E-state index in [1.807, 2.05) is 0 Å². The van der Waals surface area contributed by atoms with Crippen LogP contribution in [0.25, 0.3) is 0 Å². The van der Waals surface area contributed by atoms with Crippen molar-refractivity contribution in [2.24, 2.45) is 5.41 Å². The monoisotopic (exact) mass is 282 g/mol. The molecule has 0 amide bonds. The van der Waals surface area contributed by atoms with Crippen LogP contribution in [0, 0.1) is 21.3 Å². The number of benzene rings is 1. The zero-order valence-electron chi connectivity index (χ0n) is 12.6. The van der Waals surface area contributed by atoms with Gasteiger partial charge in [-0.3, -0.25) is 10.1 Å². The Morgan fingerprint density at radius 2 is 2.05 bits per heavy atom. The maximum absolute atomic E-state index is 13.9. The average Bonchev–Trinajstić information content (AvgIpc) is 2.34. The van der Waals surface area contributed by atoms with E-state index >= 15 is 0 Å². The predicted octanol–water partition coefficient (Wildman–Crippen LogP) is 3.69. The Hall–Kier alpha value is -1.49. The molecule has 20 heavy (non-hydrogen) atoms. The molecule has 112 valence electrons. The third kappa shape index (κ3) is 4.56. The van der Waals surface area contributed by atoms with Gasteiger partial charge in [-0.15, -0.1) is 0 Å². The molecule has 0 aliphatic carbocycles. The van der Waals surface area contributed by atoms with Crippen LogP contribution in [0.5, 0.6) is 0 Å². The first-order valence-electron chi connectivity index (χ1n) is 6.92. The van der Waals surface area contributed by atoms with E-state index in [1.54, 1.807) is 0 Å². The minimum atomic E-state index is -0.580. The summed E-state index contributed by atoms with van der Waals surface area (Å²) in [6, 6.07) is 3.99. The number of rotatable bonds is 6. The molecule has 0 aliphatic rings. The van der Waals surface area contributed by atoms with Crippen LogP contribution in [0.3, 0.4) is 0 Å². The average molecular weight is 282 g/mol. The minimum Gasteiger partial charge on any atom is -0.313 e. The fraction of sp³-hybridized carbons (Fsp3) is 0.600. The Morgan fingerprint density at radius 1 is 1.40 bits per heavy atom. The third-order valence-corrected chi connectivity index (χ3v) is 3.36. The number of hydrogen-bond donors (Lipinski definition) is 1. The van der Waals surface area contributed by atoms with Crippen molar-refractivity contribution in [3.05, 3.63) is 39.7 Å². The van der Waals surface area contributed by atoms with Crippen LogP contribution < -0.4 is 5.32 Å². The lowest BCUT2D eigenvalue weighted by Crippen LogP contribution is -2.42.